The molecule has 0 aliphatic rings. The molecule has 0 fully saturated rings. The highest BCUT2D eigenvalue weighted by Gasteiger charge is 2.13. The Morgan fingerprint density at radius 3 is 2.76 bits per heavy atom. The molecule has 0 heterocycles. The van der Waals surface area contributed by atoms with Crippen molar-refractivity contribution in [2.45, 2.75) is 6.42 Å². The largest absolute Gasteiger partial charge is 0.497 e. The fourth-order valence-electron chi connectivity index (χ4n) is 2.06. The van der Waals surface area contributed by atoms with Gasteiger partial charge in [-0.05, 0) is 52.2 Å². The second-order valence-corrected chi connectivity index (χ2v) is 5.35. The van der Waals surface area contributed by atoms with E-state index in [1.54, 1.807) is 19.2 Å². The summed E-state index contributed by atoms with van der Waals surface area (Å²) in [5.41, 5.74) is 2.00. The molecule has 0 amide bonds. The van der Waals surface area contributed by atoms with Gasteiger partial charge in [-0.25, -0.2) is 4.79 Å². The summed E-state index contributed by atoms with van der Waals surface area (Å²) in [5, 5.41) is 12.4. The molecule has 0 bridgehead atoms. The molecule has 2 N–H and O–H groups in total. The first-order valence-corrected chi connectivity index (χ1v) is 7.29. The monoisotopic (exact) mass is 349 g/mol. The number of hydrogen-bond donors (Lipinski definition) is 2. The summed E-state index contributed by atoms with van der Waals surface area (Å²) in [4.78, 5) is 11.3. The van der Waals surface area contributed by atoms with Gasteiger partial charge in [-0.1, -0.05) is 18.2 Å². The summed E-state index contributed by atoms with van der Waals surface area (Å²) in [6.07, 6.45) is 0.781. The van der Waals surface area contributed by atoms with Gasteiger partial charge in [-0.3, -0.25) is 0 Å². The minimum atomic E-state index is -0.952. The molecule has 2 aromatic carbocycles. The first-order valence-electron chi connectivity index (χ1n) is 6.50. The Hall–Kier alpha value is -2.01. The van der Waals surface area contributed by atoms with E-state index in [1.807, 2.05) is 30.3 Å². The number of rotatable bonds is 6. The molecule has 0 aliphatic heterocycles. The second-order valence-electron chi connectivity index (χ2n) is 4.50. The molecule has 2 rings (SSSR count). The minimum Gasteiger partial charge on any atom is -0.497 e. The molecule has 0 spiro atoms. The van der Waals surface area contributed by atoms with Crippen LogP contribution in [0.5, 0.6) is 5.75 Å². The van der Waals surface area contributed by atoms with Crippen molar-refractivity contribution in [3.8, 4) is 5.75 Å². The lowest BCUT2D eigenvalue weighted by atomic mass is 10.1. The number of carboxylic acids is 1. The molecule has 110 valence electrons. The van der Waals surface area contributed by atoms with E-state index in [1.165, 1.54) is 0 Å². The van der Waals surface area contributed by atoms with Gasteiger partial charge in [0.1, 0.15) is 5.75 Å². The summed E-state index contributed by atoms with van der Waals surface area (Å²) in [6.45, 7) is 0.643. The van der Waals surface area contributed by atoms with Gasteiger partial charge < -0.3 is 15.2 Å². The molecule has 0 aromatic heterocycles. The molecule has 0 radical (unpaired) electrons. The zero-order valence-corrected chi connectivity index (χ0v) is 13.2. The number of carboxylic acid groups (broad SMARTS) is 1. The number of methoxy groups -OCH3 is 1. The van der Waals surface area contributed by atoms with Gasteiger partial charge in [0.15, 0.2) is 0 Å². The average molecular weight is 350 g/mol. The Labute approximate surface area is 131 Å². The van der Waals surface area contributed by atoms with E-state index >= 15 is 0 Å². The van der Waals surface area contributed by atoms with Crippen LogP contribution in [0.3, 0.4) is 0 Å². The third-order valence-corrected chi connectivity index (χ3v) is 3.75. The third kappa shape index (κ3) is 3.98. The first-order chi connectivity index (χ1) is 10.1. The Morgan fingerprint density at radius 2 is 2.05 bits per heavy atom. The summed E-state index contributed by atoms with van der Waals surface area (Å²) in [5.74, 6) is -0.132. The van der Waals surface area contributed by atoms with Crippen LogP contribution in [0, 0.1) is 0 Å². The summed E-state index contributed by atoms with van der Waals surface area (Å²) in [6, 6.07) is 13.1. The predicted octanol–water partition coefficient (Wildman–Crippen LogP) is 3.81. The number of nitrogens with one attached hydrogen (secondary N) is 1. The van der Waals surface area contributed by atoms with E-state index in [4.69, 9.17) is 4.74 Å². The van der Waals surface area contributed by atoms with Gasteiger partial charge in [0.25, 0.3) is 0 Å². The Morgan fingerprint density at radius 1 is 1.29 bits per heavy atom. The molecular weight excluding hydrogens is 334 g/mol. The van der Waals surface area contributed by atoms with Crippen LogP contribution >= 0.6 is 15.9 Å². The fraction of sp³-hybridized carbons (Fsp3) is 0.188. The lowest BCUT2D eigenvalue weighted by molar-refractivity contribution is 0.0697. The van der Waals surface area contributed by atoms with Crippen LogP contribution in [0.4, 0.5) is 5.69 Å². The molecule has 0 atom stereocenters. The van der Waals surface area contributed by atoms with Gasteiger partial charge in [-0.2, -0.15) is 0 Å². The molecule has 4 nitrogen and oxygen atoms in total. The van der Waals surface area contributed by atoms with Crippen molar-refractivity contribution in [2.75, 3.05) is 19.0 Å². The number of anilines is 1. The summed E-state index contributed by atoms with van der Waals surface area (Å²) in [7, 11) is 1.64. The van der Waals surface area contributed by atoms with E-state index in [-0.39, 0.29) is 5.56 Å². The minimum absolute atomic E-state index is 0.253. The topological polar surface area (TPSA) is 58.6 Å². The molecule has 5 heteroatoms. The van der Waals surface area contributed by atoms with Crippen LogP contribution in [0.2, 0.25) is 0 Å². The van der Waals surface area contributed by atoms with Crippen molar-refractivity contribution < 1.29 is 14.6 Å². The second kappa shape index (κ2) is 7.13. The van der Waals surface area contributed by atoms with E-state index in [0.29, 0.717) is 16.7 Å². The van der Waals surface area contributed by atoms with Crippen molar-refractivity contribution >= 4 is 27.6 Å². The molecule has 21 heavy (non-hydrogen) atoms. The van der Waals surface area contributed by atoms with E-state index in [9.17, 15) is 9.90 Å². The highest BCUT2D eigenvalue weighted by atomic mass is 79.9. The lowest BCUT2D eigenvalue weighted by Gasteiger charge is -2.11. The summed E-state index contributed by atoms with van der Waals surface area (Å²) >= 11 is 3.27. The standard InChI is InChI=1S/C16H16BrNO3/c1-21-12-5-2-4-11(10-12)8-9-18-14-7-3-6-13(17)15(14)16(19)20/h2-7,10,18H,8-9H2,1H3,(H,19,20). The number of aromatic carboxylic acids is 1. The van der Waals surface area contributed by atoms with Crippen molar-refractivity contribution in [3.05, 3.63) is 58.1 Å². The van der Waals surface area contributed by atoms with Crippen LogP contribution < -0.4 is 10.1 Å². The van der Waals surface area contributed by atoms with Crippen LogP contribution in [0.1, 0.15) is 15.9 Å². The average Bonchev–Trinajstić information content (AvgIpc) is 2.47. The van der Waals surface area contributed by atoms with Crippen LogP contribution in [-0.4, -0.2) is 24.7 Å². The first kappa shape index (κ1) is 15.4. The van der Waals surface area contributed by atoms with Crippen LogP contribution in [-0.2, 0) is 6.42 Å². The highest BCUT2D eigenvalue weighted by Crippen LogP contribution is 2.24. The smallest absolute Gasteiger partial charge is 0.338 e. The zero-order chi connectivity index (χ0) is 15.2. The van der Waals surface area contributed by atoms with Crippen molar-refractivity contribution in [1.29, 1.82) is 0 Å². The molecule has 0 saturated carbocycles. The van der Waals surface area contributed by atoms with Gasteiger partial charge >= 0.3 is 5.97 Å². The normalized spacial score (nSPS) is 10.2. The SMILES string of the molecule is COc1cccc(CCNc2cccc(Br)c2C(=O)O)c1. The van der Waals surface area contributed by atoms with Gasteiger partial charge in [0.05, 0.1) is 12.7 Å². The van der Waals surface area contributed by atoms with Crippen LogP contribution in [0.15, 0.2) is 46.9 Å². The molecular formula is C16H16BrNO3. The Kier molecular flexibility index (Phi) is 5.22. The fourth-order valence-corrected chi connectivity index (χ4v) is 2.59. The van der Waals surface area contributed by atoms with Gasteiger partial charge in [0.2, 0.25) is 0 Å². The molecule has 0 aliphatic carbocycles. The Balaban J connectivity index is 2.03. The third-order valence-electron chi connectivity index (χ3n) is 3.09. The maximum atomic E-state index is 11.3. The summed E-state index contributed by atoms with van der Waals surface area (Å²) < 4.78 is 5.75. The molecule has 0 unspecified atom stereocenters. The lowest BCUT2D eigenvalue weighted by Crippen LogP contribution is -2.10. The number of carbonyl (C=O) groups is 1. The quantitative estimate of drug-likeness (QED) is 0.832. The van der Waals surface area contributed by atoms with Gasteiger partial charge in [-0.15, -0.1) is 0 Å². The number of hydrogen-bond acceptors (Lipinski definition) is 3. The highest BCUT2D eigenvalue weighted by molar-refractivity contribution is 9.10. The maximum absolute atomic E-state index is 11.3. The molecule has 0 saturated heterocycles. The predicted molar refractivity (Wildman–Crippen MR) is 86.3 cm³/mol. The van der Waals surface area contributed by atoms with Crippen molar-refractivity contribution in [3.63, 3.8) is 0 Å². The van der Waals surface area contributed by atoms with Crippen molar-refractivity contribution in [2.24, 2.45) is 0 Å². The van der Waals surface area contributed by atoms with E-state index in [0.717, 1.165) is 17.7 Å². The van der Waals surface area contributed by atoms with E-state index < -0.39 is 5.97 Å². The van der Waals surface area contributed by atoms with Gasteiger partial charge in [0, 0.05) is 16.7 Å². The number of benzene rings is 2. The van der Waals surface area contributed by atoms with E-state index in [2.05, 4.69) is 21.2 Å². The Bertz CT molecular complexity index is 643. The number of halogens is 1. The zero-order valence-electron chi connectivity index (χ0n) is 11.6. The van der Waals surface area contributed by atoms with Crippen LogP contribution in [0.25, 0.3) is 0 Å². The number of ether oxygens (including phenoxy) is 1. The maximum Gasteiger partial charge on any atom is 0.338 e. The van der Waals surface area contributed by atoms with Crippen molar-refractivity contribution in [1.82, 2.24) is 0 Å². The molecule has 2 aromatic rings.